The van der Waals surface area contributed by atoms with Crippen molar-refractivity contribution in [1.29, 1.82) is 0 Å². The van der Waals surface area contributed by atoms with E-state index in [1.165, 1.54) is 12.8 Å². The van der Waals surface area contributed by atoms with Crippen molar-refractivity contribution in [3.8, 4) is 5.75 Å². The number of rotatable bonds is 5. The minimum absolute atomic E-state index is 0.234. The fraction of sp³-hybridized carbons (Fsp3) is 0.500. The summed E-state index contributed by atoms with van der Waals surface area (Å²) >= 11 is 3.52. The average molecular weight is 507 g/mol. The molecule has 2 heterocycles. The third-order valence-corrected chi connectivity index (χ3v) is 5.80. The van der Waals surface area contributed by atoms with Gasteiger partial charge in [0.05, 0.1) is 10.2 Å². The maximum Gasteiger partial charge on any atom is 0.130 e. The third-order valence-electron chi connectivity index (χ3n) is 5.10. The number of hydrogen-bond donors (Lipinski definition) is 2. The highest BCUT2D eigenvalue weighted by atomic mass is 79.9. The summed E-state index contributed by atoms with van der Waals surface area (Å²) in [5.74, 6) is 2.84. The highest BCUT2D eigenvalue weighted by Gasteiger charge is 2.22. The molecule has 0 radical (unpaired) electrons. The van der Waals surface area contributed by atoms with Crippen molar-refractivity contribution in [2.75, 3.05) is 26.8 Å². The van der Waals surface area contributed by atoms with Gasteiger partial charge in [0.15, 0.2) is 0 Å². The molecule has 1 fully saturated rings. The first-order chi connectivity index (χ1) is 15.5. The first-order valence-electron chi connectivity index (χ1n) is 11.6. The molecule has 3 rings (SSSR count). The molecule has 2 N–H and O–H groups in total. The van der Waals surface area contributed by atoms with E-state index < -0.39 is 0 Å². The highest BCUT2D eigenvalue weighted by Crippen LogP contribution is 2.29. The van der Waals surface area contributed by atoms with Crippen molar-refractivity contribution >= 4 is 27.5 Å². The van der Waals surface area contributed by atoms with Crippen LogP contribution in [0.25, 0.3) is 5.70 Å². The molecule has 0 spiro atoms. The van der Waals surface area contributed by atoms with Crippen LogP contribution in [0.4, 0.5) is 0 Å². The lowest BCUT2D eigenvalue weighted by molar-refractivity contribution is 0.0716. The number of amidine groups is 1. The Morgan fingerprint density at radius 3 is 2.50 bits per heavy atom. The summed E-state index contributed by atoms with van der Waals surface area (Å²) < 4.78 is 5.98. The number of aliphatic imine (C=N–C) groups is 1. The average Bonchev–Trinajstić information content (AvgIpc) is 2.82. The van der Waals surface area contributed by atoms with Crippen molar-refractivity contribution in [1.82, 2.24) is 10.2 Å². The first-order valence-corrected chi connectivity index (χ1v) is 12.4. The second-order valence-electron chi connectivity index (χ2n) is 7.55. The van der Waals surface area contributed by atoms with Gasteiger partial charge in [-0.15, -0.1) is 0 Å². The van der Waals surface area contributed by atoms with Crippen LogP contribution in [-0.2, 0) is 4.74 Å². The number of unbranched alkanes of at least 4 members (excludes halogenated alkanes) is 1. The summed E-state index contributed by atoms with van der Waals surface area (Å²) in [5.41, 5.74) is 1.55. The van der Waals surface area contributed by atoms with E-state index in [0.717, 1.165) is 65.9 Å². The topological polar surface area (TPSA) is 57.1 Å². The Bertz CT molecular complexity index is 796. The van der Waals surface area contributed by atoms with Crippen molar-refractivity contribution in [2.24, 2.45) is 10.9 Å². The molecule has 6 heteroatoms. The van der Waals surface area contributed by atoms with Gasteiger partial charge in [-0.2, -0.15) is 0 Å². The number of halogens is 1. The van der Waals surface area contributed by atoms with Crippen molar-refractivity contribution in [2.45, 2.75) is 53.4 Å². The van der Waals surface area contributed by atoms with Gasteiger partial charge in [0, 0.05) is 38.4 Å². The lowest BCUT2D eigenvalue weighted by Gasteiger charge is -2.31. The van der Waals surface area contributed by atoms with E-state index >= 15 is 0 Å². The first kappa shape index (κ1) is 28.0. The number of phenolic OH excluding ortho intramolecular Hbond substituents is 1. The molecular weight excluding hydrogens is 466 g/mol. The smallest absolute Gasteiger partial charge is 0.130 e. The Labute approximate surface area is 203 Å². The predicted octanol–water partition coefficient (Wildman–Crippen LogP) is 6.68. The summed E-state index contributed by atoms with van der Waals surface area (Å²) in [4.78, 5) is 6.66. The Morgan fingerprint density at radius 2 is 1.97 bits per heavy atom. The van der Waals surface area contributed by atoms with Gasteiger partial charge in [-0.05, 0) is 53.2 Å². The minimum Gasteiger partial charge on any atom is -0.507 e. The van der Waals surface area contributed by atoms with Gasteiger partial charge in [0.25, 0.3) is 0 Å². The molecule has 1 aromatic carbocycles. The molecule has 0 aromatic heterocycles. The molecule has 32 heavy (non-hydrogen) atoms. The summed E-state index contributed by atoms with van der Waals surface area (Å²) in [6, 6.07) is 7.26. The van der Waals surface area contributed by atoms with E-state index in [9.17, 15) is 5.11 Å². The molecule has 2 aliphatic heterocycles. The van der Waals surface area contributed by atoms with E-state index in [1.807, 2.05) is 44.0 Å². The fourth-order valence-corrected chi connectivity index (χ4v) is 3.44. The van der Waals surface area contributed by atoms with Gasteiger partial charge in [0.1, 0.15) is 17.4 Å². The Hall–Kier alpha value is -2.05. The van der Waals surface area contributed by atoms with Gasteiger partial charge >= 0.3 is 0 Å². The number of nitrogens with zero attached hydrogens (tertiary/aromatic N) is 2. The Kier molecular flexibility index (Phi) is 13.7. The molecule has 178 valence electrons. The molecule has 0 saturated carbocycles. The van der Waals surface area contributed by atoms with Crippen LogP contribution in [0.3, 0.4) is 0 Å². The molecule has 1 aromatic rings. The summed E-state index contributed by atoms with van der Waals surface area (Å²) in [7, 11) is 1.95. The van der Waals surface area contributed by atoms with Gasteiger partial charge in [-0.1, -0.05) is 58.9 Å². The number of aromatic hydroxyl groups is 1. The number of likely N-dealkylation sites (N-methyl/N-ethyl adjacent to an activating group) is 1. The number of phenols is 1. The normalized spacial score (nSPS) is 19.0. The van der Waals surface area contributed by atoms with Gasteiger partial charge in [-0.3, -0.25) is 4.99 Å². The lowest BCUT2D eigenvalue weighted by atomic mass is 10.0. The van der Waals surface area contributed by atoms with E-state index in [0.29, 0.717) is 0 Å². The fourth-order valence-electron chi connectivity index (χ4n) is 3.07. The predicted molar refractivity (Wildman–Crippen MR) is 141 cm³/mol. The largest absolute Gasteiger partial charge is 0.507 e. The zero-order valence-electron chi connectivity index (χ0n) is 20.3. The number of ether oxygens (including phenoxy) is 1. The van der Waals surface area contributed by atoms with Crippen molar-refractivity contribution in [3.63, 3.8) is 0 Å². The van der Waals surface area contributed by atoms with Crippen LogP contribution in [0.2, 0.25) is 0 Å². The molecule has 0 aliphatic carbocycles. The number of para-hydroxylation sites is 1. The van der Waals surface area contributed by atoms with Crippen molar-refractivity contribution in [3.05, 3.63) is 58.9 Å². The minimum atomic E-state index is 0.234. The van der Waals surface area contributed by atoms with E-state index in [-0.39, 0.29) is 5.75 Å². The van der Waals surface area contributed by atoms with Crippen LogP contribution in [-0.4, -0.2) is 42.6 Å². The molecule has 0 unspecified atom stereocenters. The second kappa shape index (κ2) is 15.7. The van der Waals surface area contributed by atoms with Crippen molar-refractivity contribution < 1.29 is 9.84 Å². The SMILES string of the molecule is C=C/C(Br)=C1/NC(c2ccccc2O)=CC(=NCCCC)N1C.CC.CC1CCOCC1. The zero-order valence-corrected chi connectivity index (χ0v) is 21.9. The van der Waals surface area contributed by atoms with Crippen LogP contribution in [0.5, 0.6) is 5.75 Å². The third kappa shape index (κ3) is 8.83. The van der Waals surface area contributed by atoms with Gasteiger partial charge in [0.2, 0.25) is 0 Å². The maximum atomic E-state index is 10.1. The second-order valence-corrected chi connectivity index (χ2v) is 8.40. The summed E-state index contributed by atoms with van der Waals surface area (Å²) in [6.07, 6.45) is 8.37. The van der Waals surface area contributed by atoms with E-state index in [4.69, 9.17) is 4.74 Å². The molecular formula is C26H40BrN3O2. The van der Waals surface area contributed by atoms with Crippen LogP contribution in [0.1, 0.15) is 58.9 Å². The number of hydrogen-bond acceptors (Lipinski definition) is 4. The Balaban J connectivity index is 0.000000477. The van der Waals surface area contributed by atoms with Gasteiger partial charge < -0.3 is 20.1 Å². The monoisotopic (exact) mass is 505 g/mol. The van der Waals surface area contributed by atoms with Crippen LogP contribution < -0.4 is 5.32 Å². The molecule has 2 aliphatic rings. The van der Waals surface area contributed by atoms with E-state index in [2.05, 4.69) is 46.7 Å². The highest BCUT2D eigenvalue weighted by molar-refractivity contribution is 9.11. The number of benzene rings is 1. The van der Waals surface area contributed by atoms with Gasteiger partial charge in [-0.25, -0.2) is 0 Å². The van der Waals surface area contributed by atoms with Crippen LogP contribution in [0.15, 0.2) is 58.3 Å². The number of nitrogens with one attached hydrogen (secondary N) is 1. The summed E-state index contributed by atoms with van der Waals surface area (Å²) in [6.45, 7) is 15.0. The standard InChI is InChI=1S/C18H22BrN3O.C6H12O.C2H6/c1-4-6-11-20-17-12-15(13-9-7-8-10-16(13)23)21-18(22(17)3)14(19)5-2;1-6-2-4-7-5-3-6;1-2/h5,7-10,12,21,23H,2,4,6,11H2,1,3H3;6H,2-5H2,1H3;1-2H3/b18-14+,20-17?;;. The lowest BCUT2D eigenvalue weighted by Crippen LogP contribution is -2.37. The van der Waals surface area contributed by atoms with Crippen LogP contribution in [0, 0.1) is 5.92 Å². The summed E-state index contributed by atoms with van der Waals surface area (Å²) in [5, 5.41) is 13.5. The van der Waals surface area contributed by atoms with Crippen LogP contribution >= 0.6 is 15.9 Å². The molecule has 1 saturated heterocycles. The molecule has 0 bridgehead atoms. The maximum absolute atomic E-state index is 10.1. The van der Waals surface area contributed by atoms with E-state index in [1.54, 1.807) is 18.2 Å². The molecule has 0 amide bonds. The quantitative estimate of drug-likeness (QED) is 0.438. The number of allylic oxidation sites excluding steroid dienone is 2. The Morgan fingerprint density at radius 1 is 1.31 bits per heavy atom. The molecule has 0 atom stereocenters. The zero-order chi connectivity index (χ0) is 23.9. The molecule has 5 nitrogen and oxygen atoms in total.